The Morgan fingerprint density at radius 1 is 1.18 bits per heavy atom. The normalized spacial score (nSPS) is 18.3. The van der Waals surface area contributed by atoms with Crippen LogP contribution < -0.4 is 11.1 Å². The molecule has 5 heteroatoms. The highest BCUT2D eigenvalue weighted by Gasteiger charge is 2.35. The van der Waals surface area contributed by atoms with E-state index in [1.807, 2.05) is 19.1 Å². The first-order valence-electron chi connectivity index (χ1n) is 7.74. The lowest BCUT2D eigenvalue weighted by atomic mass is 9.81. The van der Waals surface area contributed by atoms with Crippen molar-refractivity contribution < 1.29 is 14.3 Å². The molecule has 0 aliphatic heterocycles. The molecule has 0 radical (unpaired) electrons. The van der Waals surface area contributed by atoms with Gasteiger partial charge in [0.05, 0.1) is 24.3 Å². The molecule has 1 amide bonds. The SMILES string of the molecule is COC(=O)c1ccc(C(C)NC(=O)C2(N)CCCCC2)cc1. The van der Waals surface area contributed by atoms with Gasteiger partial charge in [-0.05, 0) is 37.5 Å². The van der Waals surface area contributed by atoms with Crippen LogP contribution in [0.3, 0.4) is 0 Å². The van der Waals surface area contributed by atoms with E-state index in [0.717, 1.165) is 37.7 Å². The summed E-state index contributed by atoms with van der Waals surface area (Å²) in [5, 5.41) is 2.99. The number of carbonyl (C=O) groups excluding carboxylic acids is 2. The Morgan fingerprint density at radius 3 is 2.32 bits per heavy atom. The summed E-state index contributed by atoms with van der Waals surface area (Å²) < 4.78 is 4.67. The summed E-state index contributed by atoms with van der Waals surface area (Å²) in [7, 11) is 1.35. The van der Waals surface area contributed by atoms with Crippen molar-refractivity contribution in [1.82, 2.24) is 5.32 Å². The van der Waals surface area contributed by atoms with Crippen LogP contribution in [0, 0.1) is 0 Å². The van der Waals surface area contributed by atoms with Gasteiger partial charge in [0, 0.05) is 0 Å². The second kappa shape index (κ2) is 6.92. The minimum absolute atomic E-state index is 0.0863. The van der Waals surface area contributed by atoms with Crippen LogP contribution in [0.2, 0.25) is 0 Å². The zero-order valence-electron chi connectivity index (χ0n) is 13.2. The molecule has 0 aromatic heterocycles. The van der Waals surface area contributed by atoms with E-state index in [-0.39, 0.29) is 17.9 Å². The number of carbonyl (C=O) groups is 2. The summed E-state index contributed by atoms with van der Waals surface area (Å²) >= 11 is 0. The van der Waals surface area contributed by atoms with Crippen molar-refractivity contribution in [2.45, 2.75) is 50.6 Å². The van der Waals surface area contributed by atoms with Crippen LogP contribution in [-0.4, -0.2) is 24.5 Å². The Bertz CT molecular complexity index is 533. The zero-order chi connectivity index (χ0) is 16.2. The predicted molar refractivity (Wildman–Crippen MR) is 84.3 cm³/mol. The summed E-state index contributed by atoms with van der Waals surface area (Å²) in [5.74, 6) is -0.455. The van der Waals surface area contributed by atoms with Crippen molar-refractivity contribution in [3.63, 3.8) is 0 Å². The molecule has 1 fully saturated rings. The van der Waals surface area contributed by atoms with Gasteiger partial charge in [0.1, 0.15) is 0 Å². The maximum atomic E-state index is 12.4. The van der Waals surface area contributed by atoms with Gasteiger partial charge < -0.3 is 15.8 Å². The molecule has 1 aliphatic carbocycles. The Labute approximate surface area is 131 Å². The van der Waals surface area contributed by atoms with Gasteiger partial charge in [-0.25, -0.2) is 4.79 Å². The smallest absolute Gasteiger partial charge is 0.337 e. The summed E-state index contributed by atoms with van der Waals surface area (Å²) in [6, 6.07) is 6.88. The van der Waals surface area contributed by atoms with Gasteiger partial charge in [-0.2, -0.15) is 0 Å². The van der Waals surface area contributed by atoms with Crippen molar-refractivity contribution in [3.05, 3.63) is 35.4 Å². The summed E-state index contributed by atoms with van der Waals surface area (Å²) in [6.45, 7) is 1.91. The maximum absolute atomic E-state index is 12.4. The molecule has 1 atom stereocenters. The minimum atomic E-state index is -0.738. The number of benzene rings is 1. The van der Waals surface area contributed by atoms with E-state index >= 15 is 0 Å². The zero-order valence-corrected chi connectivity index (χ0v) is 13.2. The van der Waals surface area contributed by atoms with Crippen LogP contribution in [0.4, 0.5) is 0 Å². The van der Waals surface area contributed by atoms with Crippen LogP contribution in [0.15, 0.2) is 24.3 Å². The number of hydrogen-bond acceptors (Lipinski definition) is 4. The third-order valence-corrected chi connectivity index (χ3v) is 4.38. The number of rotatable bonds is 4. The van der Waals surface area contributed by atoms with Gasteiger partial charge in [0.25, 0.3) is 0 Å². The van der Waals surface area contributed by atoms with Crippen molar-refractivity contribution in [3.8, 4) is 0 Å². The van der Waals surface area contributed by atoms with E-state index in [9.17, 15) is 9.59 Å². The van der Waals surface area contributed by atoms with Gasteiger partial charge in [0.2, 0.25) is 5.91 Å². The molecule has 1 aliphatic rings. The number of hydrogen-bond donors (Lipinski definition) is 2. The molecule has 2 rings (SSSR count). The van der Waals surface area contributed by atoms with Gasteiger partial charge in [-0.3, -0.25) is 4.79 Å². The lowest BCUT2D eigenvalue weighted by Gasteiger charge is -2.33. The Morgan fingerprint density at radius 2 is 1.77 bits per heavy atom. The third kappa shape index (κ3) is 3.65. The van der Waals surface area contributed by atoms with Crippen LogP contribution in [0.25, 0.3) is 0 Å². The van der Waals surface area contributed by atoms with Gasteiger partial charge in [-0.15, -0.1) is 0 Å². The predicted octanol–water partition coefficient (Wildman–Crippen LogP) is 2.31. The number of methoxy groups -OCH3 is 1. The average Bonchev–Trinajstić information content (AvgIpc) is 2.54. The third-order valence-electron chi connectivity index (χ3n) is 4.38. The van der Waals surface area contributed by atoms with E-state index < -0.39 is 5.54 Å². The molecule has 0 spiro atoms. The fourth-order valence-corrected chi connectivity index (χ4v) is 2.86. The molecule has 1 aromatic rings. The number of amides is 1. The van der Waals surface area contributed by atoms with Crippen LogP contribution >= 0.6 is 0 Å². The first kappa shape index (κ1) is 16.5. The van der Waals surface area contributed by atoms with E-state index in [1.54, 1.807) is 12.1 Å². The number of esters is 1. The molecular weight excluding hydrogens is 280 g/mol. The number of nitrogens with one attached hydrogen (secondary N) is 1. The lowest BCUT2D eigenvalue weighted by Crippen LogP contribution is -2.55. The molecule has 0 saturated heterocycles. The van der Waals surface area contributed by atoms with Gasteiger partial charge >= 0.3 is 5.97 Å². The molecule has 0 bridgehead atoms. The van der Waals surface area contributed by atoms with E-state index in [1.165, 1.54) is 7.11 Å². The van der Waals surface area contributed by atoms with E-state index in [0.29, 0.717) is 5.56 Å². The molecule has 1 unspecified atom stereocenters. The average molecular weight is 304 g/mol. The van der Waals surface area contributed by atoms with Gasteiger partial charge in [-0.1, -0.05) is 31.4 Å². The molecule has 1 saturated carbocycles. The van der Waals surface area contributed by atoms with Crippen molar-refractivity contribution >= 4 is 11.9 Å². The van der Waals surface area contributed by atoms with Crippen LogP contribution in [-0.2, 0) is 9.53 Å². The summed E-state index contributed by atoms with van der Waals surface area (Å²) in [6.07, 6.45) is 4.65. The minimum Gasteiger partial charge on any atom is -0.465 e. The highest BCUT2D eigenvalue weighted by molar-refractivity contribution is 5.89. The van der Waals surface area contributed by atoms with E-state index in [2.05, 4.69) is 10.1 Å². The summed E-state index contributed by atoms with van der Waals surface area (Å²) in [4.78, 5) is 23.8. The molecule has 3 N–H and O–H groups in total. The van der Waals surface area contributed by atoms with Crippen LogP contribution in [0.5, 0.6) is 0 Å². The largest absolute Gasteiger partial charge is 0.465 e. The highest BCUT2D eigenvalue weighted by Crippen LogP contribution is 2.27. The monoisotopic (exact) mass is 304 g/mol. The van der Waals surface area contributed by atoms with E-state index in [4.69, 9.17) is 5.73 Å². The molecular formula is C17H24N2O3. The van der Waals surface area contributed by atoms with Crippen molar-refractivity contribution in [2.75, 3.05) is 7.11 Å². The Balaban J connectivity index is 2.00. The molecule has 22 heavy (non-hydrogen) atoms. The molecule has 0 heterocycles. The van der Waals surface area contributed by atoms with Crippen molar-refractivity contribution in [2.24, 2.45) is 5.73 Å². The maximum Gasteiger partial charge on any atom is 0.337 e. The summed E-state index contributed by atoms with van der Waals surface area (Å²) in [5.41, 5.74) is 6.92. The molecule has 1 aromatic carbocycles. The highest BCUT2D eigenvalue weighted by atomic mass is 16.5. The second-order valence-corrected chi connectivity index (χ2v) is 6.03. The fraction of sp³-hybridized carbons (Fsp3) is 0.529. The molecule has 120 valence electrons. The van der Waals surface area contributed by atoms with Gasteiger partial charge in [0.15, 0.2) is 0 Å². The first-order chi connectivity index (χ1) is 10.5. The quantitative estimate of drug-likeness (QED) is 0.836. The first-order valence-corrected chi connectivity index (χ1v) is 7.74. The Hall–Kier alpha value is -1.88. The number of ether oxygens (including phenoxy) is 1. The molecule has 5 nitrogen and oxygen atoms in total. The van der Waals surface area contributed by atoms with Crippen molar-refractivity contribution in [1.29, 1.82) is 0 Å². The second-order valence-electron chi connectivity index (χ2n) is 6.03. The Kier molecular flexibility index (Phi) is 5.19. The topological polar surface area (TPSA) is 81.4 Å². The number of nitrogens with two attached hydrogens (primary N) is 1. The fourth-order valence-electron chi connectivity index (χ4n) is 2.86. The standard InChI is InChI=1S/C17H24N2O3/c1-12(13-6-8-14(9-7-13)15(20)22-2)19-16(21)17(18)10-4-3-5-11-17/h6-9,12H,3-5,10-11,18H2,1-2H3,(H,19,21). The lowest BCUT2D eigenvalue weighted by molar-refractivity contribution is -0.128. The van der Waals surface area contributed by atoms with Crippen LogP contribution in [0.1, 0.15) is 61.0 Å².